The van der Waals surface area contributed by atoms with Crippen LogP contribution in [0.1, 0.15) is 30.4 Å². The number of carbonyl (C=O) groups excluding carboxylic acids is 1. The van der Waals surface area contributed by atoms with E-state index in [1.165, 1.54) is 0 Å². The summed E-state index contributed by atoms with van der Waals surface area (Å²) in [6.07, 6.45) is 0.407. The Morgan fingerprint density at radius 2 is 1.96 bits per heavy atom. The molecule has 3 rings (SSSR count). The van der Waals surface area contributed by atoms with Crippen molar-refractivity contribution in [3.8, 4) is 0 Å². The SMILES string of the molecule is CCn1nc(C)cc1CNC(=O)CCn1nc(C)c2ccccc21. The number of rotatable bonds is 6. The van der Waals surface area contributed by atoms with Gasteiger partial charge in [-0.15, -0.1) is 0 Å². The Balaban J connectivity index is 1.59. The van der Waals surface area contributed by atoms with Gasteiger partial charge < -0.3 is 5.32 Å². The predicted octanol–water partition coefficient (Wildman–Crippen LogP) is 2.58. The van der Waals surface area contributed by atoms with Gasteiger partial charge in [0, 0.05) is 18.4 Å². The van der Waals surface area contributed by atoms with E-state index in [9.17, 15) is 4.79 Å². The molecule has 0 aliphatic carbocycles. The molecule has 2 aromatic heterocycles. The fourth-order valence-electron chi connectivity index (χ4n) is 2.96. The fourth-order valence-corrected chi connectivity index (χ4v) is 2.96. The molecule has 1 N–H and O–H groups in total. The second-order valence-corrected chi connectivity index (χ2v) is 5.95. The number of hydrogen-bond donors (Lipinski definition) is 1. The summed E-state index contributed by atoms with van der Waals surface area (Å²) in [6, 6.07) is 10.1. The van der Waals surface area contributed by atoms with Crippen LogP contribution in [-0.4, -0.2) is 25.5 Å². The highest BCUT2D eigenvalue weighted by molar-refractivity contribution is 5.82. The van der Waals surface area contributed by atoms with Crippen molar-refractivity contribution in [3.05, 3.63) is 47.4 Å². The normalized spacial score (nSPS) is 11.1. The molecule has 0 saturated carbocycles. The fraction of sp³-hybridized carbons (Fsp3) is 0.389. The van der Waals surface area contributed by atoms with Gasteiger partial charge in [0.1, 0.15) is 0 Å². The molecular formula is C18H23N5O. The zero-order valence-corrected chi connectivity index (χ0v) is 14.4. The van der Waals surface area contributed by atoms with Gasteiger partial charge in [-0.1, -0.05) is 18.2 Å². The van der Waals surface area contributed by atoms with Crippen molar-refractivity contribution >= 4 is 16.8 Å². The summed E-state index contributed by atoms with van der Waals surface area (Å²) in [4.78, 5) is 12.2. The maximum Gasteiger partial charge on any atom is 0.222 e. The molecule has 0 fully saturated rings. The van der Waals surface area contributed by atoms with Crippen LogP contribution in [-0.2, 0) is 24.4 Å². The molecule has 0 aliphatic rings. The highest BCUT2D eigenvalue weighted by atomic mass is 16.1. The molecule has 0 spiro atoms. The van der Waals surface area contributed by atoms with E-state index in [0.29, 0.717) is 19.5 Å². The van der Waals surface area contributed by atoms with Gasteiger partial charge in [-0.05, 0) is 32.9 Å². The Labute approximate surface area is 141 Å². The summed E-state index contributed by atoms with van der Waals surface area (Å²) < 4.78 is 3.82. The van der Waals surface area contributed by atoms with Gasteiger partial charge in [0.15, 0.2) is 0 Å². The molecule has 6 nitrogen and oxygen atoms in total. The van der Waals surface area contributed by atoms with Crippen molar-refractivity contribution in [2.75, 3.05) is 0 Å². The topological polar surface area (TPSA) is 64.7 Å². The van der Waals surface area contributed by atoms with Crippen LogP contribution < -0.4 is 5.32 Å². The monoisotopic (exact) mass is 325 g/mol. The maximum absolute atomic E-state index is 12.2. The first-order valence-electron chi connectivity index (χ1n) is 8.30. The highest BCUT2D eigenvalue weighted by Crippen LogP contribution is 2.17. The number of aromatic nitrogens is 4. The summed E-state index contributed by atoms with van der Waals surface area (Å²) in [5, 5.41) is 13.0. The molecule has 0 radical (unpaired) electrons. The average Bonchev–Trinajstić information content (AvgIpc) is 3.11. The Morgan fingerprint density at radius 3 is 2.75 bits per heavy atom. The van der Waals surface area contributed by atoms with E-state index in [0.717, 1.165) is 34.5 Å². The van der Waals surface area contributed by atoms with Crippen molar-refractivity contribution in [3.63, 3.8) is 0 Å². The molecule has 2 heterocycles. The molecule has 0 bridgehead atoms. The van der Waals surface area contributed by atoms with Crippen LogP contribution >= 0.6 is 0 Å². The van der Waals surface area contributed by atoms with Crippen molar-refractivity contribution in [1.82, 2.24) is 24.9 Å². The Bertz CT molecular complexity index is 862. The van der Waals surface area contributed by atoms with Crippen LogP contribution in [0.3, 0.4) is 0 Å². The van der Waals surface area contributed by atoms with Crippen LogP contribution in [0.15, 0.2) is 30.3 Å². The highest BCUT2D eigenvalue weighted by Gasteiger charge is 2.10. The molecule has 3 aromatic rings. The van der Waals surface area contributed by atoms with Crippen LogP contribution in [0.25, 0.3) is 10.9 Å². The molecule has 1 amide bonds. The van der Waals surface area contributed by atoms with Crippen LogP contribution in [0.2, 0.25) is 0 Å². The Hall–Kier alpha value is -2.63. The second kappa shape index (κ2) is 6.86. The van der Waals surface area contributed by atoms with Crippen molar-refractivity contribution < 1.29 is 4.79 Å². The summed E-state index contributed by atoms with van der Waals surface area (Å²) in [6.45, 7) is 7.88. The number of hydrogen-bond acceptors (Lipinski definition) is 3. The van der Waals surface area contributed by atoms with Gasteiger partial charge in [0.05, 0.1) is 35.7 Å². The number of amides is 1. The van der Waals surface area contributed by atoms with Crippen LogP contribution in [0.4, 0.5) is 0 Å². The summed E-state index contributed by atoms with van der Waals surface area (Å²) in [5.74, 6) is 0.0220. The summed E-state index contributed by atoms with van der Waals surface area (Å²) in [5.41, 5.74) is 4.07. The van der Waals surface area contributed by atoms with Crippen molar-refractivity contribution in [2.24, 2.45) is 0 Å². The lowest BCUT2D eigenvalue weighted by molar-refractivity contribution is -0.121. The van der Waals surface area contributed by atoms with Gasteiger partial charge in [-0.25, -0.2) is 0 Å². The lowest BCUT2D eigenvalue weighted by Gasteiger charge is -2.07. The van der Waals surface area contributed by atoms with Gasteiger partial charge >= 0.3 is 0 Å². The molecule has 0 saturated heterocycles. The molecule has 0 unspecified atom stereocenters. The largest absolute Gasteiger partial charge is 0.350 e. The van der Waals surface area contributed by atoms with Crippen LogP contribution in [0.5, 0.6) is 0 Å². The number of fused-ring (bicyclic) bond motifs is 1. The average molecular weight is 325 g/mol. The number of aryl methyl sites for hydroxylation is 4. The third-order valence-electron chi connectivity index (χ3n) is 4.14. The molecule has 126 valence electrons. The predicted molar refractivity (Wildman–Crippen MR) is 93.6 cm³/mol. The zero-order valence-electron chi connectivity index (χ0n) is 14.4. The third-order valence-corrected chi connectivity index (χ3v) is 4.14. The first-order valence-corrected chi connectivity index (χ1v) is 8.30. The Kier molecular flexibility index (Phi) is 4.64. The molecule has 24 heavy (non-hydrogen) atoms. The number of benzene rings is 1. The third kappa shape index (κ3) is 3.32. The lowest BCUT2D eigenvalue weighted by atomic mass is 10.2. The minimum absolute atomic E-state index is 0.0220. The van der Waals surface area contributed by atoms with E-state index in [1.807, 2.05) is 54.4 Å². The smallest absolute Gasteiger partial charge is 0.222 e. The minimum atomic E-state index is 0.0220. The van der Waals surface area contributed by atoms with Crippen molar-refractivity contribution in [1.29, 1.82) is 0 Å². The molecule has 6 heteroatoms. The number of carbonyl (C=O) groups is 1. The zero-order chi connectivity index (χ0) is 17.1. The van der Waals surface area contributed by atoms with Crippen LogP contribution in [0, 0.1) is 13.8 Å². The summed E-state index contributed by atoms with van der Waals surface area (Å²) in [7, 11) is 0. The second-order valence-electron chi connectivity index (χ2n) is 5.95. The van der Waals surface area contributed by atoms with Gasteiger partial charge in [-0.3, -0.25) is 14.2 Å². The first kappa shape index (κ1) is 16.2. The lowest BCUT2D eigenvalue weighted by Crippen LogP contribution is -2.25. The van der Waals surface area contributed by atoms with Gasteiger partial charge in [-0.2, -0.15) is 10.2 Å². The Morgan fingerprint density at radius 1 is 1.17 bits per heavy atom. The molecule has 0 aliphatic heterocycles. The van der Waals surface area contributed by atoms with Gasteiger partial charge in [0.25, 0.3) is 0 Å². The molecular weight excluding hydrogens is 302 g/mol. The molecule has 1 aromatic carbocycles. The number of nitrogens with one attached hydrogen (secondary N) is 1. The van der Waals surface area contributed by atoms with E-state index in [1.54, 1.807) is 0 Å². The van der Waals surface area contributed by atoms with E-state index in [2.05, 4.69) is 21.6 Å². The van der Waals surface area contributed by atoms with E-state index < -0.39 is 0 Å². The van der Waals surface area contributed by atoms with Gasteiger partial charge in [0.2, 0.25) is 5.91 Å². The standard InChI is InChI=1S/C18H23N5O/c1-4-22-15(11-13(2)20-22)12-19-18(24)9-10-23-17-8-6-5-7-16(17)14(3)21-23/h5-8,11H,4,9-10,12H2,1-3H3,(H,19,24). The summed E-state index contributed by atoms with van der Waals surface area (Å²) >= 11 is 0. The minimum Gasteiger partial charge on any atom is -0.350 e. The first-order chi connectivity index (χ1) is 11.6. The quantitative estimate of drug-likeness (QED) is 0.757. The maximum atomic E-state index is 12.2. The number of para-hydroxylation sites is 1. The van der Waals surface area contributed by atoms with E-state index in [-0.39, 0.29) is 5.91 Å². The van der Waals surface area contributed by atoms with Crippen molar-refractivity contribution in [2.45, 2.75) is 46.8 Å². The van der Waals surface area contributed by atoms with E-state index >= 15 is 0 Å². The molecule has 0 atom stereocenters. The van der Waals surface area contributed by atoms with E-state index in [4.69, 9.17) is 0 Å². The number of nitrogens with zero attached hydrogens (tertiary/aromatic N) is 4.